The maximum absolute atomic E-state index is 6.21. The lowest BCUT2D eigenvalue weighted by molar-refractivity contribution is 1.57. The summed E-state index contributed by atoms with van der Waals surface area (Å²) in [6.07, 6.45) is 0. The van der Waals surface area contributed by atoms with Crippen molar-refractivity contribution in [3.63, 3.8) is 0 Å². The molecule has 0 radical (unpaired) electrons. The lowest BCUT2D eigenvalue weighted by Crippen LogP contribution is -1.95. The molecule has 104 valence electrons. The second kappa shape index (κ2) is 5.21. The molecule has 0 fully saturated rings. The van der Waals surface area contributed by atoms with Crippen LogP contribution >= 0.6 is 0 Å². The molecule has 3 rings (SSSR count). The zero-order valence-electron chi connectivity index (χ0n) is 11.6. The monoisotopic (exact) mass is 275 g/mol. The molecule has 0 unspecified atom stereocenters. The Hall–Kier alpha value is -2.94. The van der Waals surface area contributed by atoms with Crippen molar-refractivity contribution in [1.82, 2.24) is 0 Å². The number of rotatable bonds is 2. The van der Waals surface area contributed by atoms with Crippen molar-refractivity contribution in [2.45, 2.75) is 0 Å². The van der Waals surface area contributed by atoms with E-state index in [0.29, 0.717) is 5.69 Å². The van der Waals surface area contributed by atoms with Gasteiger partial charge in [0.1, 0.15) is 0 Å². The first-order valence-electron chi connectivity index (χ1n) is 6.75. The van der Waals surface area contributed by atoms with Gasteiger partial charge in [-0.3, -0.25) is 0 Å². The third kappa shape index (κ3) is 2.54. The molecule has 0 aromatic heterocycles. The van der Waals surface area contributed by atoms with Crippen LogP contribution in [0.2, 0.25) is 0 Å². The van der Waals surface area contributed by atoms with Gasteiger partial charge >= 0.3 is 0 Å². The zero-order chi connectivity index (χ0) is 14.8. The van der Waals surface area contributed by atoms with Crippen LogP contribution in [0.15, 0.2) is 66.7 Å². The van der Waals surface area contributed by atoms with Crippen LogP contribution in [0.4, 0.5) is 17.1 Å². The number of benzene rings is 3. The predicted molar refractivity (Wildman–Crippen MR) is 90.6 cm³/mol. The van der Waals surface area contributed by atoms with Gasteiger partial charge in [-0.05, 0) is 47.0 Å². The quantitative estimate of drug-likeness (QED) is 0.623. The highest BCUT2D eigenvalue weighted by molar-refractivity contribution is 5.92. The lowest BCUT2D eigenvalue weighted by atomic mass is 9.93. The minimum Gasteiger partial charge on any atom is -0.399 e. The number of anilines is 3. The molecule has 6 N–H and O–H groups in total. The highest BCUT2D eigenvalue weighted by Gasteiger charge is 2.11. The summed E-state index contributed by atoms with van der Waals surface area (Å²) in [5.74, 6) is 0. The van der Waals surface area contributed by atoms with E-state index in [2.05, 4.69) is 0 Å². The SMILES string of the molecule is Nc1cccc(-c2cccc(N)c2-c2cccc(N)c2)c1. The number of hydrogen-bond acceptors (Lipinski definition) is 3. The molecular weight excluding hydrogens is 258 g/mol. The predicted octanol–water partition coefficient (Wildman–Crippen LogP) is 3.77. The Bertz CT molecular complexity index is 794. The Morgan fingerprint density at radius 2 is 1.14 bits per heavy atom. The summed E-state index contributed by atoms with van der Waals surface area (Å²) in [6, 6.07) is 21.4. The molecule has 21 heavy (non-hydrogen) atoms. The van der Waals surface area contributed by atoms with E-state index in [4.69, 9.17) is 17.2 Å². The molecule has 0 atom stereocenters. The maximum atomic E-state index is 6.21. The molecule has 0 aliphatic carbocycles. The van der Waals surface area contributed by atoms with E-state index in [-0.39, 0.29) is 0 Å². The first-order chi connectivity index (χ1) is 10.1. The van der Waals surface area contributed by atoms with Gasteiger partial charge in [-0.1, -0.05) is 36.4 Å². The normalized spacial score (nSPS) is 10.5. The molecule has 3 aromatic rings. The molecule has 0 aliphatic heterocycles. The molecule has 0 spiro atoms. The zero-order valence-corrected chi connectivity index (χ0v) is 11.6. The molecule has 3 nitrogen and oxygen atoms in total. The van der Waals surface area contributed by atoms with Crippen LogP contribution in [0, 0.1) is 0 Å². The summed E-state index contributed by atoms with van der Waals surface area (Å²) in [4.78, 5) is 0. The number of hydrogen-bond donors (Lipinski definition) is 3. The van der Waals surface area contributed by atoms with Gasteiger partial charge in [0.05, 0.1) is 0 Å². The van der Waals surface area contributed by atoms with E-state index in [9.17, 15) is 0 Å². The molecule has 0 saturated heterocycles. The minimum atomic E-state index is 0.717. The van der Waals surface area contributed by atoms with Crippen molar-refractivity contribution in [2.24, 2.45) is 0 Å². The fourth-order valence-electron chi connectivity index (χ4n) is 2.53. The fraction of sp³-hybridized carbons (Fsp3) is 0. The highest BCUT2D eigenvalue weighted by Crippen LogP contribution is 2.37. The Balaban J connectivity index is 2.25. The van der Waals surface area contributed by atoms with Crippen molar-refractivity contribution in [2.75, 3.05) is 17.2 Å². The van der Waals surface area contributed by atoms with Crippen LogP contribution in [-0.4, -0.2) is 0 Å². The Morgan fingerprint density at radius 1 is 0.571 bits per heavy atom. The first kappa shape index (κ1) is 13.1. The molecular formula is C18H17N3. The van der Waals surface area contributed by atoms with Crippen LogP contribution < -0.4 is 17.2 Å². The van der Waals surface area contributed by atoms with E-state index in [1.165, 1.54) is 0 Å². The van der Waals surface area contributed by atoms with E-state index in [1.807, 2.05) is 66.7 Å². The van der Waals surface area contributed by atoms with E-state index >= 15 is 0 Å². The molecule has 3 aromatic carbocycles. The van der Waals surface area contributed by atoms with Crippen LogP contribution in [0.5, 0.6) is 0 Å². The van der Waals surface area contributed by atoms with Gasteiger partial charge in [0.2, 0.25) is 0 Å². The summed E-state index contributed by atoms with van der Waals surface area (Å²) in [5, 5.41) is 0. The summed E-state index contributed by atoms with van der Waals surface area (Å²) in [6.45, 7) is 0. The van der Waals surface area contributed by atoms with Gasteiger partial charge in [0.25, 0.3) is 0 Å². The topological polar surface area (TPSA) is 78.1 Å². The van der Waals surface area contributed by atoms with Crippen molar-refractivity contribution in [3.05, 3.63) is 66.7 Å². The molecule has 0 bridgehead atoms. The Labute approximate surface area is 124 Å². The summed E-state index contributed by atoms with van der Waals surface area (Å²) >= 11 is 0. The average molecular weight is 275 g/mol. The molecule has 0 heterocycles. The van der Waals surface area contributed by atoms with Crippen molar-refractivity contribution in [3.8, 4) is 22.3 Å². The van der Waals surface area contributed by atoms with Crippen molar-refractivity contribution in [1.29, 1.82) is 0 Å². The van der Waals surface area contributed by atoms with Gasteiger partial charge in [0.15, 0.2) is 0 Å². The van der Waals surface area contributed by atoms with Crippen LogP contribution in [0.1, 0.15) is 0 Å². The van der Waals surface area contributed by atoms with Gasteiger partial charge in [0, 0.05) is 22.6 Å². The fourth-order valence-corrected chi connectivity index (χ4v) is 2.53. The van der Waals surface area contributed by atoms with Gasteiger partial charge < -0.3 is 17.2 Å². The first-order valence-corrected chi connectivity index (χ1v) is 6.75. The number of nitrogens with two attached hydrogens (primary N) is 3. The van der Waals surface area contributed by atoms with Crippen LogP contribution in [-0.2, 0) is 0 Å². The molecule has 3 heteroatoms. The molecule has 0 saturated carbocycles. The maximum Gasteiger partial charge on any atom is 0.0400 e. The van der Waals surface area contributed by atoms with Crippen LogP contribution in [0.3, 0.4) is 0 Å². The third-order valence-electron chi connectivity index (χ3n) is 3.47. The van der Waals surface area contributed by atoms with Gasteiger partial charge in [-0.15, -0.1) is 0 Å². The Kier molecular flexibility index (Phi) is 3.24. The number of nitrogen functional groups attached to an aromatic ring is 3. The van der Waals surface area contributed by atoms with Gasteiger partial charge in [-0.25, -0.2) is 0 Å². The average Bonchev–Trinajstić information content (AvgIpc) is 2.47. The minimum absolute atomic E-state index is 0.717. The third-order valence-corrected chi connectivity index (χ3v) is 3.47. The van der Waals surface area contributed by atoms with E-state index < -0.39 is 0 Å². The standard InChI is InChI=1S/C18H17N3/c19-14-6-1-4-12(10-14)16-8-3-9-17(21)18(16)13-5-2-7-15(20)11-13/h1-11H,19-21H2. The Morgan fingerprint density at radius 3 is 1.81 bits per heavy atom. The second-order valence-electron chi connectivity index (χ2n) is 5.02. The smallest absolute Gasteiger partial charge is 0.0400 e. The summed E-state index contributed by atoms with van der Waals surface area (Å²) in [5.41, 5.74) is 24.2. The van der Waals surface area contributed by atoms with Crippen LogP contribution in [0.25, 0.3) is 22.3 Å². The van der Waals surface area contributed by atoms with Crippen molar-refractivity contribution >= 4 is 17.1 Å². The lowest BCUT2D eigenvalue weighted by Gasteiger charge is -2.14. The molecule has 0 amide bonds. The van der Waals surface area contributed by atoms with Crippen molar-refractivity contribution < 1.29 is 0 Å². The highest BCUT2D eigenvalue weighted by atomic mass is 14.6. The largest absolute Gasteiger partial charge is 0.399 e. The summed E-state index contributed by atoms with van der Waals surface area (Å²) in [7, 11) is 0. The molecule has 0 aliphatic rings. The van der Waals surface area contributed by atoms with E-state index in [0.717, 1.165) is 33.6 Å². The summed E-state index contributed by atoms with van der Waals surface area (Å²) < 4.78 is 0. The van der Waals surface area contributed by atoms with Gasteiger partial charge in [-0.2, -0.15) is 0 Å². The van der Waals surface area contributed by atoms with E-state index in [1.54, 1.807) is 0 Å². The second-order valence-corrected chi connectivity index (χ2v) is 5.02.